The summed E-state index contributed by atoms with van der Waals surface area (Å²) in [4.78, 5) is 9.89. The number of carbonyl (C=O) groups is 1. The maximum atomic E-state index is 9.89. The van der Waals surface area contributed by atoms with Crippen molar-refractivity contribution in [3.05, 3.63) is 24.3 Å². The number of hydrogen-bond acceptors (Lipinski definition) is 1. The SMILES string of the molecule is CCCCCCC/C=C\C=CC=O. The molecule has 0 aliphatic rings. The zero-order valence-corrected chi connectivity index (χ0v) is 8.54. The molecule has 0 saturated carbocycles. The van der Waals surface area contributed by atoms with E-state index in [1.165, 1.54) is 38.2 Å². The zero-order chi connectivity index (χ0) is 9.78. The van der Waals surface area contributed by atoms with E-state index in [9.17, 15) is 4.79 Å². The molecule has 0 aromatic rings. The molecule has 0 N–H and O–H groups in total. The van der Waals surface area contributed by atoms with Crippen LogP contribution in [0.25, 0.3) is 0 Å². The molecule has 0 fully saturated rings. The second-order valence-corrected chi connectivity index (χ2v) is 3.15. The van der Waals surface area contributed by atoms with Crippen molar-refractivity contribution in [2.45, 2.75) is 45.4 Å². The van der Waals surface area contributed by atoms with Gasteiger partial charge in [-0.05, 0) is 18.9 Å². The zero-order valence-electron chi connectivity index (χ0n) is 8.54. The third-order valence-electron chi connectivity index (χ3n) is 1.91. The quantitative estimate of drug-likeness (QED) is 0.241. The molecule has 0 heterocycles. The number of hydrogen-bond donors (Lipinski definition) is 0. The smallest absolute Gasteiger partial charge is 0.142 e. The fourth-order valence-corrected chi connectivity index (χ4v) is 1.15. The number of allylic oxidation sites excluding steroid dienone is 4. The summed E-state index contributed by atoms with van der Waals surface area (Å²) < 4.78 is 0. The van der Waals surface area contributed by atoms with Crippen molar-refractivity contribution in [1.29, 1.82) is 0 Å². The summed E-state index contributed by atoms with van der Waals surface area (Å²) in [6.45, 7) is 2.23. The van der Waals surface area contributed by atoms with Crippen LogP contribution in [0.15, 0.2) is 24.3 Å². The summed E-state index contributed by atoms with van der Waals surface area (Å²) in [7, 11) is 0. The molecule has 0 aliphatic carbocycles. The van der Waals surface area contributed by atoms with Gasteiger partial charge in [0.2, 0.25) is 0 Å². The Morgan fingerprint density at radius 1 is 0.923 bits per heavy atom. The third kappa shape index (κ3) is 11.1. The van der Waals surface area contributed by atoms with E-state index in [2.05, 4.69) is 13.0 Å². The van der Waals surface area contributed by atoms with E-state index < -0.39 is 0 Å². The van der Waals surface area contributed by atoms with Crippen LogP contribution in [0.5, 0.6) is 0 Å². The van der Waals surface area contributed by atoms with Crippen molar-refractivity contribution >= 4 is 6.29 Å². The molecular weight excluding hydrogens is 160 g/mol. The first-order chi connectivity index (χ1) is 6.41. The first-order valence-electron chi connectivity index (χ1n) is 5.18. The van der Waals surface area contributed by atoms with Gasteiger partial charge >= 0.3 is 0 Å². The van der Waals surface area contributed by atoms with E-state index in [4.69, 9.17) is 0 Å². The van der Waals surface area contributed by atoms with Gasteiger partial charge in [0.25, 0.3) is 0 Å². The topological polar surface area (TPSA) is 17.1 Å². The summed E-state index contributed by atoms with van der Waals surface area (Å²) in [5.41, 5.74) is 0. The molecule has 1 heteroatoms. The first kappa shape index (κ1) is 12.2. The lowest BCUT2D eigenvalue weighted by molar-refractivity contribution is -0.104. The van der Waals surface area contributed by atoms with Crippen molar-refractivity contribution in [2.24, 2.45) is 0 Å². The molecule has 13 heavy (non-hydrogen) atoms. The minimum atomic E-state index is 0.797. The van der Waals surface area contributed by atoms with Gasteiger partial charge in [-0.25, -0.2) is 0 Å². The Labute approximate surface area is 81.5 Å². The molecule has 0 spiro atoms. The lowest BCUT2D eigenvalue weighted by atomic mass is 10.1. The lowest BCUT2D eigenvalue weighted by Crippen LogP contribution is -1.75. The summed E-state index contributed by atoms with van der Waals surface area (Å²) in [5, 5.41) is 0. The second-order valence-electron chi connectivity index (χ2n) is 3.15. The Morgan fingerprint density at radius 2 is 1.69 bits per heavy atom. The lowest BCUT2D eigenvalue weighted by Gasteiger charge is -1.95. The van der Waals surface area contributed by atoms with E-state index in [-0.39, 0.29) is 0 Å². The Balaban J connectivity index is 3.10. The summed E-state index contributed by atoms with van der Waals surface area (Å²) >= 11 is 0. The molecule has 74 valence electrons. The van der Waals surface area contributed by atoms with Crippen molar-refractivity contribution in [1.82, 2.24) is 0 Å². The van der Waals surface area contributed by atoms with E-state index in [1.807, 2.05) is 6.08 Å². The van der Waals surface area contributed by atoms with E-state index in [1.54, 1.807) is 6.08 Å². The van der Waals surface area contributed by atoms with Crippen LogP contribution in [-0.2, 0) is 4.79 Å². The van der Waals surface area contributed by atoms with Crippen LogP contribution in [0.2, 0.25) is 0 Å². The Morgan fingerprint density at radius 3 is 2.38 bits per heavy atom. The normalized spacial score (nSPS) is 11.5. The molecule has 0 aliphatic heterocycles. The maximum absolute atomic E-state index is 9.89. The van der Waals surface area contributed by atoms with Gasteiger partial charge in [-0.15, -0.1) is 0 Å². The molecule has 0 atom stereocenters. The average molecular weight is 180 g/mol. The van der Waals surface area contributed by atoms with Crippen LogP contribution in [0.1, 0.15) is 45.4 Å². The first-order valence-corrected chi connectivity index (χ1v) is 5.18. The monoisotopic (exact) mass is 180 g/mol. The van der Waals surface area contributed by atoms with Gasteiger partial charge in [-0.2, -0.15) is 0 Å². The fourth-order valence-electron chi connectivity index (χ4n) is 1.15. The maximum Gasteiger partial charge on any atom is 0.142 e. The van der Waals surface area contributed by atoms with Gasteiger partial charge in [0.1, 0.15) is 6.29 Å². The highest BCUT2D eigenvalue weighted by Gasteiger charge is 1.85. The molecule has 0 bridgehead atoms. The molecule has 0 rings (SSSR count). The Hall–Kier alpha value is -0.850. The Bertz CT molecular complexity index is 157. The predicted molar refractivity (Wildman–Crippen MR) is 57.7 cm³/mol. The molecule has 0 radical (unpaired) electrons. The fraction of sp³-hybridized carbons (Fsp3) is 0.583. The van der Waals surface area contributed by atoms with Crippen molar-refractivity contribution in [3.8, 4) is 0 Å². The van der Waals surface area contributed by atoms with E-state index in [0.717, 1.165) is 12.7 Å². The molecule has 0 aromatic heterocycles. The van der Waals surface area contributed by atoms with E-state index >= 15 is 0 Å². The molecule has 0 amide bonds. The van der Waals surface area contributed by atoms with Gasteiger partial charge in [0.05, 0.1) is 0 Å². The van der Waals surface area contributed by atoms with Crippen molar-refractivity contribution in [3.63, 3.8) is 0 Å². The van der Waals surface area contributed by atoms with Gasteiger partial charge in [0.15, 0.2) is 0 Å². The number of rotatable bonds is 8. The second kappa shape index (κ2) is 11.2. The summed E-state index contributed by atoms with van der Waals surface area (Å²) in [5.74, 6) is 0. The van der Waals surface area contributed by atoms with Crippen LogP contribution in [-0.4, -0.2) is 6.29 Å². The minimum Gasteiger partial charge on any atom is -0.299 e. The number of unbranched alkanes of at least 4 members (excludes halogenated alkanes) is 5. The highest BCUT2D eigenvalue weighted by molar-refractivity contribution is 5.65. The van der Waals surface area contributed by atoms with Crippen molar-refractivity contribution < 1.29 is 4.79 Å². The predicted octanol–water partition coefficient (Wildman–Crippen LogP) is 3.66. The van der Waals surface area contributed by atoms with Crippen LogP contribution in [0, 0.1) is 0 Å². The summed E-state index contributed by atoms with van der Waals surface area (Å²) in [6.07, 6.45) is 15.9. The van der Waals surface area contributed by atoms with Crippen LogP contribution in [0.4, 0.5) is 0 Å². The molecule has 0 unspecified atom stereocenters. The van der Waals surface area contributed by atoms with Gasteiger partial charge < -0.3 is 0 Å². The Kier molecular flexibility index (Phi) is 10.4. The standard InChI is InChI=1S/C12H20O/c1-2-3-4-5-6-7-8-9-10-11-12-13/h8-12H,2-7H2,1H3/b9-8-,11-10?. The minimum absolute atomic E-state index is 0.797. The summed E-state index contributed by atoms with van der Waals surface area (Å²) in [6, 6.07) is 0. The third-order valence-corrected chi connectivity index (χ3v) is 1.91. The molecule has 0 aromatic carbocycles. The average Bonchev–Trinajstić information content (AvgIpc) is 2.16. The molecular formula is C12H20O. The van der Waals surface area contributed by atoms with Crippen molar-refractivity contribution in [2.75, 3.05) is 0 Å². The number of aldehydes is 1. The molecule has 1 nitrogen and oxygen atoms in total. The highest BCUT2D eigenvalue weighted by atomic mass is 16.1. The van der Waals surface area contributed by atoms with Gasteiger partial charge in [-0.3, -0.25) is 4.79 Å². The number of carbonyl (C=O) groups excluding carboxylic acids is 1. The largest absolute Gasteiger partial charge is 0.299 e. The van der Waals surface area contributed by atoms with Crippen LogP contribution >= 0.6 is 0 Å². The van der Waals surface area contributed by atoms with Gasteiger partial charge in [0, 0.05) is 0 Å². The van der Waals surface area contributed by atoms with E-state index in [0.29, 0.717) is 0 Å². The van der Waals surface area contributed by atoms with Gasteiger partial charge in [-0.1, -0.05) is 50.8 Å². The highest BCUT2D eigenvalue weighted by Crippen LogP contribution is 2.05. The van der Waals surface area contributed by atoms with Crippen LogP contribution < -0.4 is 0 Å². The van der Waals surface area contributed by atoms with Crippen LogP contribution in [0.3, 0.4) is 0 Å². The molecule has 0 saturated heterocycles.